The van der Waals surface area contributed by atoms with E-state index in [0.717, 1.165) is 0 Å². The van der Waals surface area contributed by atoms with Crippen molar-refractivity contribution in [3.63, 3.8) is 0 Å². The van der Waals surface area contributed by atoms with Gasteiger partial charge in [0.05, 0.1) is 25.9 Å². The molecule has 0 radical (unpaired) electrons. The van der Waals surface area contributed by atoms with Gasteiger partial charge in [-0.2, -0.15) is 0 Å². The third-order valence-electron chi connectivity index (χ3n) is 4.55. The fraction of sp³-hybridized carbons (Fsp3) is 0.444. The van der Waals surface area contributed by atoms with Crippen LogP contribution in [0.25, 0.3) is 0 Å². The second kappa shape index (κ2) is 12.3. The van der Waals surface area contributed by atoms with E-state index in [1.54, 1.807) is 0 Å². The van der Waals surface area contributed by atoms with Gasteiger partial charge in [-0.15, -0.1) is 0 Å². The molecule has 2 aromatic heterocycles. The van der Waals surface area contributed by atoms with E-state index in [0.29, 0.717) is 11.4 Å². The second-order valence-electron chi connectivity index (χ2n) is 7.06. The summed E-state index contributed by atoms with van der Waals surface area (Å²) in [6, 6.07) is -5.38. The monoisotopic (exact) mass is 466 g/mol. The lowest BCUT2D eigenvalue weighted by atomic mass is 10.1. The number of aliphatic hydroxyl groups excluding tert-OH is 2. The van der Waals surface area contributed by atoms with E-state index < -0.39 is 61.1 Å². The van der Waals surface area contributed by atoms with Crippen molar-refractivity contribution in [3.8, 4) is 0 Å². The fourth-order valence-corrected chi connectivity index (χ4v) is 2.74. The Bertz CT molecular complexity index is 918. The Morgan fingerprint density at radius 2 is 1.30 bits per heavy atom. The number of aliphatic carboxylic acids is 1. The van der Waals surface area contributed by atoms with Crippen LogP contribution in [0.1, 0.15) is 11.4 Å². The van der Waals surface area contributed by atoms with Crippen LogP contribution in [0.5, 0.6) is 0 Å². The molecule has 0 spiro atoms. The van der Waals surface area contributed by atoms with Crippen molar-refractivity contribution in [2.24, 2.45) is 5.73 Å². The van der Waals surface area contributed by atoms with Gasteiger partial charge < -0.3 is 47.0 Å². The summed E-state index contributed by atoms with van der Waals surface area (Å²) in [5, 5.41) is 34.9. The number of nitrogens with zero attached hydrogens (tertiary/aromatic N) is 2. The number of hydrogen-bond acceptors (Lipinski definition) is 9. The molecule has 0 bridgehead atoms. The van der Waals surface area contributed by atoms with Crippen LogP contribution in [0.3, 0.4) is 0 Å². The Morgan fingerprint density at radius 1 is 0.818 bits per heavy atom. The molecule has 180 valence electrons. The highest BCUT2D eigenvalue weighted by Crippen LogP contribution is 2.02. The van der Waals surface area contributed by atoms with Gasteiger partial charge in [0.1, 0.15) is 24.2 Å². The SMILES string of the molecule is NC(CO)C(=O)NC(Cc1cnc[nH]1)C(=O)NC(CO)C(=O)NC(Cc1cnc[nH]1)C(=O)O. The molecule has 0 fully saturated rings. The predicted octanol–water partition coefficient (Wildman–Crippen LogP) is -4.23. The summed E-state index contributed by atoms with van der Waals surface area (Å²) < 4.78 is 0. The Morgan fingerprint density at radius 3 is 1.76 bits per heavy atom. The number of hydrogen-bond donors (Lipinski definition) is 9. The van der Waals surface area contributed by atoms with Crippen LogP contribution in [0.2, 0.25) is 0 Å². The molecule has 10 N–H and O–H groups in total. The average Bonchev–Trinajstić information content (AvgIpc) is 3.49. The van der Waals surface area contributed by atoms with E-state index in [1.165, 1.54) is 25.0 Å². The van der Waals surface area contributed by atoms with Crippen LogP contribution < -0.4 is 21.7 Å². The summed E-state index contributed by atoms with van der Waals surface area (Å²) >= 11 is 0. The van der Waals surface area contributed by atoms with Crippen molar-refractivity contribution in [1.29, 1.82) is 0 Å². The van der Waals surface area contributed by atoms with Gasteiger partial charge in [-0.3, -0.25) is 14.4 Å². The quantitative estimate of drug-likeness (QED) is 0.137. The lowest BCUT2D eigenvalue weighted by Gasteiger charge is -2.24. The van der Waals surface area contributed by atoms with Crippen LogP contribution in [0.15, 0.2) is 25.0 Å². The molecule has 0 saturated heterocycles. The summed E-state index contributed by atoms with van der Waals surface area (Å²) in [5.41, 5.74) is 6.40. The number of H-pyrrole nitrogens is 2. The van der Waals surface area contributed by atoms with E-state index in [2.05, 4.69) is 35.9 Å². The van der Waals surface area contributed by atoms with Crippen LogP contribution in [0, 0.1) is 0 Å². The Labute approximate surface area is 187 Å². The molecule has 33 heavy (non-hydrogen) atoms. The minimum absolute atomic E-state index is 0.0624. The number of carboxylic acid groups (broad SMARTS) is 1. The van der Waals surface area contributed by atoms with E-state index in [1.807, 2.05) is 0 Å². The summed E-state index contributed by atoms with van der Waals surface area (Å²) in [7, 11) is 0. The number of aliphatic hydroxyl groups is 2. The molecule has 0 aromatic carbocycles. The van der Waals surface area contributed by atoms with Gasteiger partial charge in [0.15, 0.2) is 0 Å². The number of amides is 3. The van der Waals surface area contributed by atoms with Gasteiger partial charge in [-0.05, 0) is 0 Å². The zero-order valence-electron chi connectivity index (χ0n) is 17.4. The van der Waals surface area contributed by atoms with Gasteiger partial charge in [-0.1, -0.05) is 0 Å². The Hall–Kier alpha value is -3.82. The number of nitrogens with one attached hydrogen (secondary N) is 5. The first-order valence-electron chi connectivity index (χ1n) is 9.80. The number of carbonyl (C=O) groups excluding carboxylic acids is 3. The van der Waals surface area contributed by atoms with Crippen molar-refractivity contribution in [2.75, 3.05) is 13.2 Å². The molecule has 15 heteroatoms. The first-order valence-corrected chi connectivity index (χ1v) is 9.80. The average molecular weight is 466 g/mol. The first kappa shape index (κ1) is 25.4. The molecule has 4 atom stereocenters. The molecule has 3 amide bonds. The Balaban J connectivity index is 2.07. The Kier molecular flexibility index (Phi) is 9.46. The standard InChI is InChI=1S/C18H26N8O7/c19-11(5-27)15(29)24-12(1-9-3-20-7-22-9)16(30)26-14(6-28)17(31)25-13(18(32)33)2-10-4-21-8-23-10/h3-4,7-8,11-14,27-28H,1-2,5-6,19H2,(H,20,22)(H,21,23)(H,24,29)(H,25,31)(H,26,30)(H,32,33). The van der Waals surface area contributed by atoms with E-state index >= 15 is 0 Å². The number of aromatic nitrogens is 4. The summed E-state index contributed by atoms with van der Waals surface area (Å²) in [6.45, 7) is -1.49. The van der Waals surface area contributed by atoms with Gasteiger partial charge in [0, 0.05) is 36.6 Å². The van der Waals surface area contributed by atoms with E-state index in [-0.39, 0.29) is 12.8 Å². The summed E-state index contributed by atoms with van der Waals surface area (Å²) in [4.78, 5) is 62.0. The molecule has 4 unspecified atom stereocenters. The van der Waals surface area contributed by atoms with Crippen LogP contribution in [-0.2, 0) is 32.0 Å². The number of rotatable bonds is 13. The molecule has 2 rings (SSSR count). The highest BCUT2D eigenvalue weighted by molar-refractivity contribution is 5.94. The molecule has 2 heterocycles. The van der Waals surface area contributed by atoms with Crippen molar-refractivity contribution >= 4 is 23.7 Å². The van der Waals surface area contributed by atoms with Crippen LogP contribution >= 0.6 is 0 Å². The smallest absolute Gasteiger partial charge is 0.326 e. The third kappa shape index (κ3) is 7.67. The van der Waals surface area contributed by atoms with E-state index in [4.69, 9.17) is 10.8 Å². The van der Waals surface area contributed by atoms with Crippen molar-refractivity contribution in [1.82, 2.24) is 35.9 Å². The molecule has 0 aliphatic carbocycles. The van der Waals surface area contributed by atoms with Gasteiger partial charge >= 0.3 is 5.97 Å². The normalized spacial score (nSPS) is 14.5. The van der Waals surface area contributed by atoms with Gasteiger partial charge in [-0.25, -0.2) is 14.8 Å². The number of imidazole rings is 2. The highest BCUT2D eigenvalue weighted by Gasteiger charge is 2.30. The summed E-state index contributed by atoms with van der Waals surface area (Å²) in [6.07, 6.45) is 5.36. The molecule has 15 nitrogen and oxygen atoms in total. The lowest BCUT2D eigenvalue weighted by molar-refractivity contribution is -0.142. The lowest BCUT2D eigenvalue weighted by Crippen LogP contribution is -2.59. The molecule has 0 aliphatic rings. The molecular weight excluding hydrogens is 440 g/mol. The van der Waals surface area contributed by atoms with Crippen LogP contribution in [0.4, 0.5) is 0 Å². The van der Waals surface area contributed by atoms with Gasteiger partial charge in [0.2, 0.25) is 17.7 Å². The molecule has 0 saturated carbocycles. The number of aromatic amines is 2. The zero-order chi connectivity index (χ0) is 24.4. The maximum Gasteiger partial charge on any atom is 0.326 e. The largest absolute Gasteiger partial charge is 0.480 e. The maximum atomic E-state index is 12.8. The van der Waals surface area contributed by atoms with Crippen LogP contribution in [-0.4, -0.2) is 96.3 Å². The van der Waals surface area contributed by atoms with Gasteiger partial charge in [0.25, 0.3) is 0 Å². The zero-order valence-corrected chi connectivity index (χ0v) is 17.4. The molecular formula is C18H26N8O7. The van der Waals surface area contributed by atoms with E-state index in [9.17, 15) is 29.4 Å². The van der Waals surface area contributed by atoms with Crippen molar-refractivity contribution in [2.45, 2.75) is 37.0 Å². The number of carboxylic acids is 1. The highest BCUT2D eigenvalue weighted by atomic mass is 16.4. The predicted molar refractivity (Wildman–Crippen MR) is 110 cm³/mol. The molecule has 2 aromatic rings. The second-order valence-corrected chi connectivity index (χ2v) is 7.06. The first-order chi connectivity index (χ1) is 15.7. The summed E-state index contributed by atoms with van der Waals surface area (Å²) in [5.74, 6) is -3.94. The minimum Gasteiger partial charge on any atom is -0.480 e. The third-order valence-corrected chi connectivity index (χ3v) is 4.55. The minimum atomic E-state index is -1.51. The maximum absolute atomic E-state index is 12.8. The molecule has 0 aliphatic heterocycles. The number of nitrogens with two attached hydrogens (primary N) is 1. The fourth-order valence-electron chi connectivity index (χ4n) is 2.74. The van der Waals surface area contributed by atoms with Crippen molar-refractivity contribution in [3.05, 3.63) is 36.4 Å². The van der Waals surface area contributed by atoms with Crippen molar-refractivity contribution < 1.29 is 34.5 Å². The number of carbonyl (C=O) groups is 4. The topological polar surface area (TPSA) is 248 Å².